The molecular weight excluding hydrogens is 196 g/mol. The van der Waals surface area contributed by atoms with Gasteiger partial charge >= 0.3 is 0 Å². The Hall–Kier alpha value is -0.820. The van der Waals surface area contributed by atoms with E-state index in [4.69, 9.17) is 0 Å². The maximum Gasteiger partial charge on any atom is 0.0611 e. The van der Waals surface area contributed by atoms with Crippen molar-refractivity contribution in [1.29, 1.82) is 0 Å². The Morgan fingerprint density at radius 2 is 1.94 bits per heavy atom. The van der Waals surface area contributed by atoms with Gasteiger partial charge < -0.3 is 5.11 Å². The molecule has 1 saturated carbocycles. The highest BCUT2D eigenvalue weighted by molar-refractivity contribution is 5.20. The van der Waals surface area contributed by atoms with Crippen LogP contribution in [0.2, 0.25) is 0 Å². The highest BCUT2D eigenvalue weighted by atomic mass is 16.3. The van der Waals surface area contributed by atoms with Gasteiger partial charge in [-0.05, 0) is 24.3 Å². The van der Waals surface area contributed by atoms with Crippen LogP contribution >= 0.6 is 0 Å². The zero-order chi connectivity index (χ0) is 11.4. The molecule has 1 aromatic carbocycles. The SMILES string of the molecule is CCC(c1ccccc1)C(O)CC1CCC1. The highest BCUT2D eigenvalue weighted by Crippen LogP contribution is 2.35. The molecular formula is C15H22O. The lowest BCUT2D eigenvalue weighted by atomic mass is 9.77. The van der Waals surface area contributed by atoms with E-state index < -0.39 is 0 Å². The topological polar surface area (TPSA) is 20.2 Å². The maximum atomic E-state index is 10.3. The third-order valence-electron chi connectivity index (χ3n) is 3.93. The lowest BCUT2D eigenvalue weighted by Crippen LogP contribution is -2.24. The van der Waals surface area contributed by atoms with Gasteiger partial charge in [0.2, 0.25) is 0 Å². The number of rotatable bonds is 5. The molecule has 1 aliphatic carbocycles. The van der Waals surface area contributed by atoms with E-state index in [2.05, 4.69) is 31.2 Å². The molecule has 2 unspecified atom stereocenters. The molecule has 1 aromatic rings. The number of hydrogen-bond donors (Lipinski definition) is 1. The van der Waals surface area contributed by atoms with Crippen molar-refractivity contribution in [3.8, 4) is 0 Å². The normalized spacial score (nSPS) is 20.1. The third-order valence-corrected chi connectivity index (χ3v) is 3.93. The first-order valence-corrected chi connectivity index (χ1v) is 6.54. The Morgan fingerprint density at radius 3 is 2.44 bits per heavy atom. The van der Waals surface area contributed by atoms with Crippen LogP contribution in [-0.2, 0) is 0 Å². The van der Waals surface area contributed by atoms with Crippen LogP contribution in [0, 0.1) is 5.92 Å². The van der Waals surface area contributed by atoms with Crippen molar-refractivity contribution in [2.24, 2.45) is 5.92 Å². The fourth-order valence-corrected chi connectivity index (χ4v) is 2.66. The van der Waals surface area contributed by atoms with Gasteiger partial charge in [0.25, 0.3) is 0 Å². The average molecular weight is 218 g/mol. The summed E-state index contributed by atoms with van der Waals surface area (Å²) in [6.45, 7) is 2.17. The van der Waals surface area contributed by atoms with E-state index in [1.54, 1.807) is 0 Å². The van der Waals surface area contributed by atoms with Gasteiger partial charge in [-0.1, -0.05) is 56.5 Å². The molecule has 0 aliphatic heterocycles. The molecule has 0 bridgehead atoms. The summed E-state index contributed by atoms with van der Waals surface area (Å²) in [6, 6.07) is 10.4. The monoisotopic (exact) mass is 218 g/mol. The minimum atomic E-state index is -0.155. The summed E-state index contributed by atoms with van der Waals surface area (Å²) >= 11 is 0. The van der Waals surface area contributed by atoms with Gasteiger partial charge in [-0.25, -0.2) is 0 Å². The number of aliphatic hydroxyl groups excluding tert-OH is 1. The standard InChI is InChI=1S/C15H22O/c1-2-14(13-9-4-3-5-10-13)15(16)11-12-7-6-8-12/h3-5,9-10,12,14-16H,2,6-8,11H2,1H3. The molecule has 0 amide bonds. The summed E-state index contributed by atoms with van der Waals surface area (Å²) in [5.74, 6) is 1.11. The van der Waals surface area contributed by atoms with Gasteiger partial charge in [-0.15, -0.1) is 0 Å². The quantitative estimate of drug-likeness (QED) is 0.798. The second-order valence-corrected chi connectivity index (χ2v) is 5.03. The molecule has 2 atom stereocenters. The smallest absolute Gasteiger partial charge is 0.0611 e. The predicted molar refractivity (Wildman–Crippen MR) is 67.4 cm³/mol. The van der Waals surface area contributed by atoms with Crippen LogP contribution in [-0.4, -0.2) is 11.2 Å². The minimum Gasteiger partial charge on any atom is -0.392 e. The van der Waals surface area contributed by atoms with Crippen molar-refractivity contribution in [3.05, 3.63) is 35.9 Å². The van der Waals surface area contributed by atoms with Crippen LogP contribution in [0.15, 0.2) is 30.3 Å². The highest BCUT2D eigenvalue weighted by Gasteiger charge is 2.26. The molecule has 1 fully saturated rings. The first-order valence-electron chi connectivity index (χ1n) is 6.54. The molecule has 0 aromatic heterocycles. The molecule has 1 heteroatoms. The summed E-state index contributed by atoms with van der Waals surface area (Å²) < 4.78 is 0. The Morgan fingerprint density at radius 1 is 1.25 bits per heavy atom. The molecule has 0 heterocycles. The van der Waals surface area contributed by atoms with Crippen LogP contribution in [0.1, 0.15) is 50.5 Å². The molecule has 1 N–H and O–H groups in total. The van der Waals surface area contributed by atoms with E-state index in [9.17, 15) is 5.11 Å². The Balaban J connectivity index is 1.98. The largest absolute Gasteiger partial charge is 0.392 e. The van der Waals surface area contributed by atoms with E-state index in [-0.39, 0.29) is 6.10 Å². The van der Waals surface area contributed by atoms with E-state index >= 15 is 0 Å². The van der Waals surface area contributed by atoms with Crippen LogP contribution < -0.4 is 0 Å². The van der Waals surface area contributed by atoms with Crippen molar-refractivity contribution < 1.29 is 5.11 Å². The van der Waals surface area contributed by atoms with Crippen LogP contribution in [0.3, 0.4) is 0 Å². The van der Waals surface area contributed by atoms with Crippen LogP contribution in [0.4, 0.5) is 0 Å². The Labute approximate surface area is 98.5 Å². The van der Waals surface area contributed by atoms with Gasteiger partial charge in [-0.2, -0.15) is 0 Å². The van der Waals surface area contributed by atoms with Gasteiger partial charge in [0.15, 0.2) is 0 Å². The summed E-state index contributed by atoms with van der Waals surface area (Å²) in [5.41, 5.74) is 1.29. The van der Waals surface area contributed by atoms with E-state index in [0.717, 1.165) is 18.8 Å². The second-order valence-electron chi connectivity index (χ2n) is 5.03. The summed E-state index contributed by atoms with van der Waals surface area (Å²) in [6.07, 6.45) is 5.87. The minimum absolute atomic E-state index is 0.155. The fraction of sp³-hybridized carbons (Fsp3) is 0.600. The molecule has 0 spiro atoms. The lowest BCUT2D eigenvalue weighted by molar-refractivity contribution is 0.0915. The summed E-state index contributed by atoms with van der Waals surface area (Å²) in [4.78, 5) is 0. The van der Waals surface area contributed by atoms with E-state index in [0.29, 0.717) is 5.92 Å². The lowest BCUT2D eigenvalue weighted by Gasteiger charge is -2.31. The number of benzene rings is 1. The summed E-state index contributed by atoms with van der Waals surface area (Å²) in [5, 5.41) is 10.3. The van der Waals surface area contributed by atoms with Crippen molar-refractivity contribution in [2.45, 2.75) is 51.0 Å². The van der Waals surface area contributed by atoms with Gasteiger partial charge in [0.1, 0.15) is 0 Å². The van der Waals surface area contributed by atoms with E-state index in [1.165, 1.54) is 24.8 Å². The molecule has 0 saturated heterocycles. The Kier molecular flexibility index (Phi) is 4.00. The van der Waals surface area contributed by atoms with Crippen molar-refractivity contribution in [2.75, 3.05) is 0 Å². The van der Waals surface area contributed by atoms with Gasteiger partial charge in [0.05, 0.1) is 6.10 Å². The van der Waals surface area contributed by atoms with Gasteiger partial charge in [-0.3, -0.25) is 0 Å². The van der Waals surface area contributed by atoms with Crippen molar-refractivity contribution in [1.82, 2.24) is 0 Å². The Bertz CT molecular complexity index is 302. The zero-order valence-corrected chi connectivity index (χ0v) is 10.1. The zero-order valence-electron chi connectivity index (χ0n) is 10.1. The average Bonchev–Trinajstić information content (AvgIpc) is 2.26. The van der Waals surface area contributed by atoms with E-state index in [1.807, 2.05) is 6.07 Å². The number of aliphatic hydroxyl groups is 1. The van der Waals surface area contributed by atoms with Crippen molar-refractivity contribution in [3.63, 3.8) is 0 Å². The first kappa shape index (κ1) is 11.7. The molecule has 88 valence electrons. The van der Waals surface area contributed by atoms with Crippen LogP contribution in [0.25, 0.3) is 0 Å². The third kappa shape index (κ3) is 2.65. The fourth-order valence-electron chi connectivity index (χ4n) is 2.66. The summed E-state index contributed by atoms with van der Waals surface area (Å²) in [7, 11) is 0. The molecule has 1 aliphatic rings. The molecule has 16 heavy (non-hydrogen) atoms. The second kappa shape index (κ2) is 5.49. The molecule has 1 nitrogen and oxygen atoms in total. The molecule has 0 radical (unpaired) electrons. The molecule has 2 rings (SSSR count). The van der Waals surface area contributed by atoms with Crippen LogP contribution in [0.5, 0.6) is 0 Å². The van der Waals surface area contributed by atoms with Crippen molar-refractivity contribution >= 4 is 0 Å². The van der Waals surface area contributed by atoms with Gasteiger partial charge in [0, 0.05) is 5.92 Å². The number of hydrogen-bond acceptors (Lipinski definition) is 1. The first-order chi connectivity index (χ1) is 7.81. The maximum absolute atomic E-state index is 10.3. The predicted octanol–water partition coefficient (Wildman–Crippen LogP) is 3.73.